The maximum Gasteiger partial charge on any atom is 0.335 e. The summed E-state index contributed by atoms with van der Waals surface area (Å²) in [5.74, 6) is -1.26. The number of aryl methyl sites for hydroxylation is 1. The Kier molecular flexibility index (Phi) is 5.62. The number of hydrogen-bond acceptors (Lipinski definition) is 5. The van der Waals surface area contributed by atoms with Crippen LogP contribution in [0, 0.1) is 11.3 Å². The first kappa shape index (κ1) is 18.0. The van der Waals surface area contributed by atoms with Gasteiger partial charge in [0.15, 0.2) is 0 Å². The van der Waals surface area contributed by atoms with Gasteiger partial charge in [-0.2, -0.15) is 5.26 Å². The standard InChI is InChI=1S/C16H14N2O4S2/c17-8-4-5-11-9-12(16(19)20)10-14(24(18,21)22)15(11)23-13-6-2-1-3-7-13/h1-3,6-7,9-10H,4-5H2,(H,19,20)(H2,18,21,22). The lowest BCUT2D eigenvalue weighted by molar-refractivity contribution is 0.0696. The molecule has 6 nitrogen and oxygen atoms in total. The van der Waals surface area contributed by atoms with E-state index < -0.39 is 16.0 Å². The van der Waals surface area contributed by atoms with E-state index in [0.29, 0.717) is 10.5 Å². The van der Waals surface area contributed by atoms with E-state index in [0.717, 1.165) is 11.0 Å². The largest absolute Gasteiger partial charge is 0.478 e. The lowest BCUT2D eigenvalue weighted by atomic mass is 10.1. The van der Waals surface area contributed by atoms with Crippen LogP contribution in [0.3, 0.4) is 0 Å². The van der Waals surface area contributed by atoms with Gasteiger partial charge >= 0.3 is 5.97 Å². The van der Waals surface area contributed by atoms with Crippen LogP contribution in [0.25, 0.3) is 0 Å². The van der Waals surface area contributed by atoms with Gasteiger partial charge in [-0.15, -0.1) is 0 Å². The fraction of sp³-hybridized carbons (Fsp3) is 0.125. The number of carbonyl (C=O) groups is 1. The molecule has 0 aliphatic carbocycles. The summed E-state index contributed by atoms with van der Waals surface area (Å²) >= 11 is 1.18. The fourth-order valence-electron chi connectivity index (χ4n) is 2.09. The van der Waals surface area contributed by atoms with Gasteiger partial charge in [0.25, 0.3) is 0 Å². The van der Waals surface area contributed by atoms with Gasteiger partial charge in [0.2, 0.25) is 10.0 Å². The Morgan fingerprint density at radius 3 is 2.46 bits per heavy atom. The van der Waals surface area contributed by atoms with Crippen LogP contribution in [0.2, 0.25) is 0 Å². The monoisotopic (exact) mass is 362 g/mol. The van der Waals surface area contributed by atoms with E-state index in [4.69, 9.17) is 10.4 Å². The molecule has 0 radical (unpaired) electrons. The Labute approximate surface area is 144 Å². The summed E-state index contributed by atoms with van der Waals surface area (Å²) in [6, 6.07) is 13.5. The van der Waals surface area contributed by atoms with E-state index >= 15 is 0 Å². The van der Waals surface area contributed by atoms with Crippen molar-refractivity contribution in [2.45, 2.75) is 27.5 Å². The number of hydrogen-bond donors (Lipinski definition) is 2. The highest BCUT2D eigenvalue weighted by Gasteiger charge is 2.22. The molecule has 0 bridgehead atoms. The Balaban J connectivity index is 2.67. The van der Waals surface area contributed by atoms with Crippen LogP contribution in [0.5, 0.6) is 0 Å². The number of nitriles is 1. The summed E-state index contributed by atoms with van der Waals surface area (Å²) in [7, 11) is -4.12. The van der Waals surface area contributed by atoms with Gasteiger partial charge in [0, 0.05) is 16.2 Å². The van der Waals surface area contributed by atoms with Crippen molar-refractivity contribution >= 4 is 27.8 Å². The first-order chi connectivity index (χ1) is 11.3. The third-order valence-electron chi connectivity index (χ3n) is 3.15. The topological polar surface area (TPSA) is 121 Å². The predicted molar refractivity (Wildman–Crippen MR) is 89.3 cm³/mol. The molecular weight excluding hydrogens is 348 g/mol. The van der Waals surface area contributed by atoms with Crippen molar-refractivity contribution in [3.05, 3.63) is 53.6 Å². The Morgan fingerprint density at radius 2 is 1.92 bits per heavy atom. The molecule has 0 heterocycles. The molecule has 0 amide bonds. The Hall–Kier alpha value is -2.34. The van der Waals surface area contributed by atoms with Crippen molar-refractivity contribution in [1.82, 2.24) is 0 Å². The second kappa shape index (κ2) is 7.49. The third kappa shape index (κ3) is 4.35. The van der Waals surface area contributed by atoms with Gasteiger partial charge in [-0.05, 0) is 36.2 Å². The average molecular weight is 362 g/mol. The smallest absolute Gasteiger partial charge is 0.335 e. The molecular formula is C16H14N2O4S2. The summed E-state index contributed by atoms with van der Waals surface area (Å²) in [6.07, 6.45) is 0.366. The number of sulfonamides is 1. The molecule has 0 aliphatic heterocycles. The van der Waals surface area contributed by atoms with Crippen molar-refractivity contribution in [2.75, 3.05) is 0 Å². The van der Waals surface area contributed by atoms with E-state index in [9.17, 15) is 18.3 Å². The van der Waals surface area contributed by atoms with E-state index in [2.05, 4.69) is 0 Å². The number of nitrogens with two attached hydrogens (primary N) is 1. The molecule has 8 heteroatoms. The van der Waals surface area contributed by atoms with Crippen LogP contribution in [0.15, 0.2) is 57.2 Å². The van der Waals surface area contributed by atoms with E-state index in [1.807, 2.05) is 12.1 Å². The number of primary sulfonamides is 1. The zero-order valence-electron chi connectivity index (χ0n) is 12.5. The molecule has 0 aliphatic rings. The molecule has 2 aromatic rings. The molecule has 0 saturated heterocycles. The minimum Gasteiger partial charge on any atom is -0.478 e. The van der Waals surface area contributed by atoms with Crippen LogP contribution < -0.4 is 5.14 Å². The number of nitrogens with zero attached hydrogens (tertiary/aromatic N) is 1. The first-order valence-electron chi connectivity index (χ1n) is 6.86. The van der Waals surface area contributed by atoms with Gasteiger partial charge < -0.3 is 5.11 Å². The van der Waals surface area contributed by atoms with E-state index in [-0.39, 0.29) is 23.3 Å². The summed E-state index contributed by atoms with van der Waals surface area (Å²) in [5, 5.41) is 23.3. The number of carboxylic acids is 1. The van der Waals surface area contributed by atoms with Crippen molar-refractivity contribution in [3.63, 3.8) is 0 Å². The molecule has 0 aromatic heterocycles. The zero-order chi connectivity index (χ0) is 17.7. The normalized spacial score (nSPS) is 11.0. The van der Waals surface area contributed by atoms with Crippen molar-refractivity contribution in [2.24, 2.45) is 5.14 Å². The molecule has 0 unspecified atom stereocenters. The maximum atomic E-state index is 12.0. The molecule has 0 atom stereocenters. The van der Waals surface area contributed by atoms with Crippen LogP contribution in [0.4, 0.5) is 0 Å². The van der Waals surface area contributed by atoms with Crippen molar-refractivity contribution in [3.8, 4) is 6.07 Å². The molecule has 2 rings (SSSR count). The predicted octanol–water partition coefficient (Wildman–Crippen LogP) is 2.64. The lowest BCUT2D eigenvalue weighted by Gasteiger charge is -2.14. The summed E-state index contributed by atoms with van der Waals surface area (Å²) < 4.78 is 23.9. The minimum atomic E-state index is -4.12. The van der Waals surface area contributed by atoms with Gasteiger partial charge in [0.1, 0.15) is 0 Å². The van der Waals surface area contributed by atoms with Crippen LogP contribution in [0.1, 0.15) is 22.3 Å². The molecule has 24 heavy (non-hydrogen) atoms. The highest BCUT2D eigenvalue weighted by Crippen LogP contribution is 2.36. The van der Waals surface area contributed by atoms with E-state index in [1.54, 1.807) is 24.3 Å². The van der Waals surface area contributed by atoms with Crippen LogP contribution in [-0.2, 0) is 16.4 Å². The van der Waals surface area contributed by atoms with Crippen LogP contribution >= 0.6 is 11.8 Å². The summed E-state index contributed by atoms with van der Waals surface area (Å²) in [4.78, 5) is 12.2. The summed E-state index contributed by atoms with van der Waals surface area (Å²) in [6.45, 7) is 0. The number of carboxylic acid groups (broad SMARTS) is 1. The maximum absolute atomic E-state index is 12.0. The average Bonchev–Trinajstić information content (AvgIpc) is 2.53. The minimum absolute atomic E-state index is 0.134. The van der Waals surface area contributed by atoms with Gasteiger partial charge in [-0.3, -0.25) is 0 Å². The Bertz CT molecular complexity index is 904. The highest BCUT2D eigenvalue weighted by molar-refractivity contribution is 8.00. The second-order valence-corrected chi connectivity index (χ2v) is 7.50. The van der Waals surface area contributed by atoms with Gasteiger partial charge in [0.05, 0.1) is 16.5 Å². The first-order valence-corrected chi connectivity index (χ1v) is 9.22. The molecule has 0 spiro atoms. The number of benzene rings is 2. The molecule has 3 N–H and O–H groups in total. The quantitative estimate of drug-likeness (QED) is 0.815. The lowest BCUT2D eigenvalue weighted by Crippen LogP contribution is -2.15. The molecule has 2 aromatic carbocycles. The fourth-order valence-corrected chi connectivity index (χ4v) is 4.23. The van der Waals surface area contributed by atoms with Gasteiger partial charge in [-0.25, -0.2) is 18.4 Å². The number of rotatable bonds is 6. The zero-order valence-corrected chi connectivity index (χ0v) is 14.1. The second-order valence-electron chi connectivity index (χ2n) is 4.89. The van der Waals surface area contributed by atoms with E-state index in [1.165, 1.54) is 17.8 Å². The van der Waals surface area contributed by atoms with Gasteiger partial charge in [-0.1, -0.05) is 30.0 Å². The molecule has 0 fully saturated rings. The number of aromatic carboxylic acids is 1. The Morgan fingerprint density at radius 1 is 1.25 bits per heavy atom. The SMILES string of the molecule is N#CCCc1cc(C(=O)O)cc(S(N)(=O)=O)c1Sc1ccccc1. The van der Waals surface area contributed by atoms with Crippen molar-refractivity contribution in [1.29, 1.82) is 5.26 Å². The van der Waals surface area contributed by atoms with Crippen LogP contribution in [-0.4, -0.2) is 19.5 Å². The molecule has 124 valence electrons. The van der Waals surface area contributed by atoms with Crippen molar-refractivity contribution < 1.29 is 18.3 Å². The molecule has 0 saturated carbocycles. The third-order valence-corrected chi connectivity index (χ3v) is 5.41. The highest BCUT2D eigenvalue weighted by atomic mass is 32.2. The summed E-state index contributed by atoms with van der Waals surface area (Å²) in [5.41, 5.74) is 0.290.